The quantitative estimate of drug-likeness (QED) is 0.864. The van der Waals surface area contributed by atoms with Crippen LogP contribution in [0.5, 0.6) is 5.75 Å². The second kappa shape index (κ2) is 4.37. The number of halogens is 2. The summed E-state index contributed by atoms with van der Waals surface area (Å²) in [6.07, 6.45) is 0. The number of nitrogens with two attached hydrogens (primary N) is 1. The van der Waals surface area contributed by atoms with Gasteiger partial charge in [0.15, 0.2) is 0 Å². The zero-order valence-electron chi connectivity index (χ0n) is 10.0. The van der Waals surface area contributed by atoms with Crippen molar-refractivity contribution in [1.82, 2.24) is 0 Å². The Labute approximate surface area is 94.4 Å². The lowest BCUT2D eigenvalue weighted by Gasteiger charge is -2.22. The van der Waals surface area contributed by atoms with Gasteiger partial charge in [-0.3, -0.25) is 0 Å². The Morgan fingerprint density at radius 1 is 1.25 bits per heavy atom. The summed E-state index contributed by atoms with van der Waals surface area (Å²) < 4.78 is 32.4. The van der Waals surface area contributed by atoms with Crippen LogP contribution >= 0.6 is 0 Å². The first-order valence-electron chi connectivity index (χ1n) is 5.08. The van der Waals surface area contributed by atoms with Gasteiger partial charge in [-0.15, -0.1) is 0 Å². The molecule has 0 unspecified atom stereocenters. The number of hydrogen-bond donors (Lipinski definition) is 1. The molecule has 0 aliphatic heterocycles. The Hall–Kier alpha value is -1.16. The molecule has 1 aromatic carbocycles. The predicted octanol–water partition coefficient (Wildman–Crippen LogP) is 2.67. The average Bonchev–Trinajstić information content (AvgIpc) is 2.23. The monoisotopic (exact) mass is 229 g/mol. The van der Waals surface area contributed by atoms with Crippen molar-refractivity contribution in [1.29, 1.82) is 0 Å². The fraction of sp³-hybridized carbons (Fsp3) is 0.500. The molecule has 0 radical (unpaired) electrons. The minimum Gasteiger partial charge on any atom is -0.496 e. The lowest BCUT2D eigenvalue weighted by molar-refractivity contribution is 0.00458. The normalized spacial score (nSPS) is 11.7. The number of rotatable bonds is 3. The van der Waals surface area contributed by atoms with E-state index in [4.69, 9.17) is 10.5 Å². The third-order valence-corrected chi connectivity index (χ3v) is 2.89. The third-order valence-electron chi connectivity index (χ3n) is 2.89. The molecule has 0 atom stereocenters. The van der Waals surface area contributed by atoms with Gasteiger partial charge >= 0.3 is 0 Å². The van der Waals surface area contributed by atoms with Gasteiger partial charge in [-0.05, 0) is 43.5 Å². The molecular weight excluding hydrogens is 212 g/mol. The Morgan fingerprint density at radius 3 is 2.25 bits per heavy atom. The third kappa shape index (κ3) is 2.02. The van der Waals surface area contributed by atoms with Crippen molar-refractivity contribution in [3.8, 4) is 5.75 Å². The Kier molecular flexibility index (Phi) is 3.53. The van der Waals surface area contributed by atoms with E-state index in [1.54, 1.807) is 26.8 Å². The van der Waals surface area contributed by atoms with Crippen LogP contribution in [-0.2, 0) is 5.92 Å². The van der Waals surface area contributed by atoms with Crippen molar-refractivity contribution < 1.29 is 13.5 Å². The molecule has 0 aromatic heterocycles. The molecule has 90 valence electrons. The number of benzene rings is 1. The van der Waals surface area contributed by atoms with Crippen LogP contribution in [0.15, 0.2) is 6.07 Å². The summed E-state index contributed by atoms with van der Waals surface area (Å²) in [5, 5.41) is 0. The summed E-state index contributed by atoms with van der Waals surface area (Å²) in [5.41, 5.74) is 6.93. The molecule has 0 saturated carbocycles. The molecule has 4 heteroatoms. The van der Waals surface area contributed by atoms with E-state index in [0.29, 0.717) is 16.9 Å². The van der Waals surface area contributed by atoms with Crippen LogP contribution in [-0.4, -0.2) is 13.7 Å². The Morgan fingerprint density at radius 2 is 1.81 bits per heavy atom. The van der Waals surface area contributed by atoms with Crippen LogP contribution in [0.3, 0.4) is 0 Å². The molecule has 0 amide bonds. The maximum absolute atomic E-state index is 13.7. The molecule has 0 heterocycles. The molecule has 0 fully saturated rings. The summed E-state index contributed by atoms with van der Waals surface area (Å²) in [6, 6.07) is 1.63. The van der Waals surface area contributed by atoms with E-state index in [-0.39, 0.29) is 5.56 Å². The van der Waals surface area contributed by atoms with Gasteiger partial charge in [0.25, 0.3) is 5.92 Å². The smallest absolute Gasteiger partial charge is 0.285 e. The molecule has 0 spiro atoms. The fourth-order valence-corrected chi connectivity index (χ4v) is 1.92. The van der Waals surface area contributed by atoms with Gasteiger partial charge in [0.05, 0.1) is 13.7 Å². The molecule has 2 N–H and O–H groups in total. The Bertz CT molecular complexity index is 402. The van der Waals surface area contributed by atoms with Crippen molar-refractivity contribution in [2.24, 2.45) is 5.73 Å². The molecule has 0 aliphatic rings. The van der Waals surface area contributed by atoms with Crippen molar-refractivity contribution in [2.75, 3.05) is 13.7 Å². The van der Waals surface area contributed by atoms with Gasteiger partial charge in [0, 0.05) is 5.56 Å². The number of aryl methyl sites for hydroxylation is 1. The van der Waals surface area contributed by atoms with E-state index in [2.05, 4.69) is 0 Å². The van der Waals surface area contributed by atoms with Crippen LogP contribution < -0.4 is 10.5 Å². The van der Waals surface area contributed by atoms with E-state index in [1.165, 1.54) is 7.11 Å². The summed E-state index contributed by atoms with van der Waals surface area (Å²) in [7, 11) is 1.53. The van der Waals surface area contributed by atoms with Crippen LogP contribution in [0.25, 0.3) is 0 Å². The molecule has 0 aliphatic carbocycles. The van der Waals surface area contributed by atoms with Gasteiger partial charge < -0.3 is 10.5 Å². The molecule has 2 nitrogen and oxygen atoms in total. The first kappa shape index (κ1) is 12.9. The minimum absolute atomic E-state index is 0.0216. The van der Waals surface area contributed by atoms with Gasteiger partial charge in [0.2, 0.25) is 0 Å². The molecule has 16 heavy (non-hydrogen) atoms. The van der Waals surface area contributed by atoms with Gasteiger partial charge in [-0.25, -0.2) is 0 Å². The summed E-state index contributed by atoms with van der Waals surface area (Å²) in [6.45, 7) is 4.40. The van der Waals surface area contributed by atoms with Crippen LogP contribution in [0.2, 0.25) is 0 Å². The van der Waals surface area contributed by atoms with Crippen LogP contribution in [0.1, 0.15) is 22.3 Å². The summed E-state index contributed by atoms with van der Waals surface area (Å²) in [4.78, 5) is 0. The zero-order chi connectivity index (χ0) is 12.5. The first-order chi connectivity index (χ1) is 7.35. The molecule has 0 saturated heterocycles. The SMILES string of the molecule is COc1cc(C)c(C(F)(F)CN)c(C)c1C. The number of hydrogen-bond acceptors (Lipinski definition) is 2. The van der Waals surface area contributed by atoms with Gasteiger partial charge in [0.1, 0.15) is 5.75 Å². The molecule has 1 rings (SSSR count). The fourth-order valence-electron chi connectivity index (χ4n) is 1.92. The van der Waals surface area contributed by atoms with E-state index in [9.17, 15) is 8.78 Å². The van der Waals surface area contributed by atoms with Gasteiger partial charge in [-0.1, -0.05) is 0 Å². The summed E-state index contributed by atoms with van der Waals surface area (Å²) >= 11 is 0. The average molecular weight is 229 g/mol. The van der Waals surface area contributed by atoms with Crippen molar-refractivity contribution in [3.05, 3.63) is 28.3 Å². The number of alkyl halides is 2. The number of methoxy groups -OCH3 is 1. The summed E-state index contributed by atoms with van der Waals surface area (Å²) in [5.74, 6) is -2.35. The van der Waals surface area contributed by atoms with E-state index < -0.39 is 12.5 Å². The van der Waals surface area contributed by atoms with Crippen molar-refractivity contribution in [3.63, 3.8) is 0 Å². The van der Waals surface area contributed by atoms with Crippen molar-refractivity contribution >= 4 is 0 Å². The highest BCUT2D eigenvalue weighted by Crippen LogP contribution is 2.36. The molecule has 0 bridgehead atoms. The highest BCUT2D eigenvalue weighted by atomic mass is 19.3. The maximum Gasteiger partial charge on any atom is 0.285 e. The predicted molar refractivity (Wildman–Crippen MR) is 60.2 cm³/mol. The second-order valence-electron chi connectivity index (χ2n) is 3.93. The van der Waals surface area contributed by atoms with E-state index in [1.807, 2.05) is 0 Å². The molecule has 1 aromatic rings. The largest absolute Gasteiger partial charge is 0.496 e. The highest BCUT2D eigenvalue weighted by molar-refractivity contribution is 5.49. The molecular formula is C12H17F2NO. The topological polar surface area (TPSA) is 35.2 Å². The zero-order valence-corrected chi connectivity index (χ0v) is 10.0. The van der Waals surface area contributed by atoms with Crippen LogP contribution in [0, 0.1) is 20.8 Å². The first-order valence-corrected chi connectivity index (χ1v) is 5.08. The minimum atomic E-state index is -2.98. The standard InChI is InChI=1S/C12H17F2NO/c1-7-5-10(16-4)8(2)9(3)11(7)12(13,14)6-15/h5H,6,15H2,1-4H3. The lowest BCUT2D eigenvalue weighted by Crippen LogP contribution is -2.27. The highest BCUT2D eigenvalue weighted by Gasteiger charge is 2.34. The lowest BCUT2D eigenvalue weighted by atomic mass is 9.93. The van der Waals surface area contributed by atoms with Gasteiger partial charge in [-0.2, -0.15) is 8.78 Å². The van der Waals surface area contributed by atoms with E-state index in [0.717, 1.165) is 5.56 Å². The second-order valence-corrected chi connectivity index (χ2v) is 3.93. The van der Waals surface area contributed by atoms with Crippen LogP contribution in [0.4, 0.5) is 8.78 Å². The Balaban J connectivity index is 3.48. The number of ether oxygens (including phenoxy) is 1. The van der Waals surface area contributed by atoms with E-state index >= 15 is 0 Å². The maximum atomic E-state index is 13.7. The van der Waals surface area contributed by atoms with Crippen molar-refractivity contribution in [2.45, 2.75) is 26.7 Å².